The second-order valence-electron chi connectivity index (χ2n) is 4.81. The summed E-state index contributed by atoms with van der Waals surface area (Å²) < 4.78 is 0. The van der Waals surface area contributed by atoms with E-state index < -0.39 is 5.60 Å². The maximum atomic E-state index is 9.90. The number of nitrogens with zero attached hydrogens (tertiary/aromatic N) is 1. The molecule has 0 bridgehead atoms. The van der Waals surface area contributed by atoms with Crippen LogP contribution < -0.4 is 10.6 Å². The normalized spacial score (nSPS) is 19.4. The maximum absolute atomic E-state index is 9.90. The van der Waals surface area contributed by atoms with Crippen LogP contribution in [0, 0.1) is 0 Å². The van der Waals surface area contributed by atoms with E-state index in [1.807, 2.05) is 6.92 Å². The molecule has 1 fully saturated rings. The smallest absolute Gasteiger partial charge is 0.0653 e. The summed E-state index contributed by atoms with van der Waals surface area (Å²) in [5.74, 6) is 0. The van der Waals surface area contributed by atoms with Gasteiger partial charge < -0.3 is 15.7 Å². The summed E-state index contributed by atoms with van der Waals surface area (Å²) in [5.41, 5.74) is 6.90. The molecule has 1 aliphatic rings. The van der Waals surface area contributed by atoms with Crippen molar-refractivity contribution in [1.82, 2.24) is 0 Å². The van der Waals surface area contributed by atoms with Gasteiger partial charge in [-0.05, 0) is 31.9 Å². The largest absolute Gasteiger partial charge is 0.397 e. The third-order valence-corrected chi connectivity index (χ3v) is 3.97. The van der Waals surface area contributed by atoms with Crippen LogP contribution in [-0.2, 0) is 0 Å². The van der Waals surface area contributed by atoms with Crippen LogP contribution in [0.1, 0.15) is 19.8 Å². The van der Waals surface area contributed by atoms with E-state index >= 15 is 0 Å². The van der Waals surface area contributed by atoms with Gasteiger partial charge in [0.1, 0.15) is 0 Å². The molecule has 5 heteroatoms. The maximum Gasteiger partial charge on any atom is 0.0653 e. The summed E-state index contributed by atoms with van der Waals surface area (Å²) >= 11 is 11.9. The number of nitrogens with two attached hydrogens (primary N) is 1. The van der Waals surface area contributed by atoms with Crippen molar-refractivity contribution in [1.29, 1.82) is 0 Å². The third-order valence-electron chi connectivity index (χ3n) is 3.25. The van der Waals surface area contributed by atoms with Gasteiger partial charge in [-0.2, -0.15) is 0 Å². The summed E-state index contributed by atoms with van der Waals surface area (Å²) in [4.78, 5) is 2.13. The number of piperidine rings is 1. The van der Waals surface area contributed by atoms with Gasteiger partial charge in [-0.25, -0.2) is 0 Å². The molecule has 0 amide bonds. The molecule has 1 aliphatic heterocycles. The van der Waals surface area contributed by atoms with E-state index in [4.69, 9.17) is 28.9 Å². The minimum atomic E-state index is -0.568. The van der Waals surface area contributed by atoms with E-state index in [2.05, 4.69) is 4.90 Å². The monoisotopic (exact) mass is 274 g/mol. The van der Waals surface area contributed by atoms with Crippen molar-refractivity contribution in [3.63, 3.8) is 0 Å². The molecular formula is C12H16Cl2N2O. The second kappa shape index (κ2) is 4.56. The predicted octanol–water partition coefficient (Wildman–Crippen LogP) is 2.93. The zero-order chi connectivity index (χ0) is 12.6. The first-order chi connectivity index (χ1) is 7.89. The summed E-state index contributed by atoms with van der Waals surface area (Å²) in [6.45, 7) is 3.41. The standard InChI is InChI=1S/C12H16Cl2N2O/c1-12(17)2-4-16(5-3-12)11-7-9(14)8(13)6-10(11)15/h6-7,17H,2-5,15H2,1H3. The molecular weight excluding hydrogens is 259 g/mol. The highest BCUT2D eigenvalue weighted by molar-refractivity contribution is 6.42. The van der Waals surface area contributed by atoms with Crippen molar-refractivity contribution in [2.45, 2.75) is 25.4 Å². The predicted molar refractivity (Wildman–Crippen MR) is 72.9 cm³/mol. The number of rotatable bonds is 1. The first-order valence-corrected chi connectivity index (χ1v) is 6.36. The van der Waals surface area contributed by atoms with E-state index in [0.29, 0.717) is 15.7 Å². The minimum absolute atomic E-state index is 0.469. The van der Waals surface area contributed by atoms with Crippen LogP contribution in [-0.4, -0.2) is 23.8 Å². The average molecular weight is 275 g/mol. The molecule has 1 heterocycles. The molecule has 1 saturated heterocycles. The van der Waals surface area contributed by atoms with Gasteiger partial charge in [0.2, 0.25) is 0 Å². The van der Waals surface area contributed by atoms with Crippen molar-refractivity contribution in [3.05, 3.63) is 22.2 Å². The molecule has 2 rings (SSSR count). The van der Waals surface area contributed by atoms with Crippen LogP contribution in [0.4, 0.5) is 11.4 Å². The second-order valence-corrected chi connectivity index (χ2v) is 5.62. The molecule has 0 saturated carbocycles. The van der Waals surface area contributed by atoms with E-state index in [1.165, 1.54) is 0 Å². The Bertz CT molecular complexity index is 425. The Morgan fingerprint density at radius 3 is 2.35 bits per heavy atom. The molecule has 3 N–H and O–H groups in total. The quantitative estimate of drug-likeness (QED) is 0.775. The lowest BCUT2D eigenvalue weighted by Gasteiger charge is -2.37. The van der Waals surface area contributed by atoms with Gasteiger partial charge in [0.05, 0.1) is 27.0 Å². The highest BCUT2D eigenvalue weighted by Gasteiger charge is 2.28. The van der Waals surface area contributed by atoms with E-state index in [0.717, 1.165) is 31.6 Å². The Morgan fingerprint density at radius 2 is 1.76 bits per heavy atom. The summed E-state index contributed by atoms with van der Waals surface area (Å²) in [6.07, 6.45) is 1.46. The minimum Gasteiger partial charge on any atom is -0.397 e. The van der Waals surface area contributed by atoms with Gasteiger partial charge in [-0.15, -0.1) is 0 Å². The number of hydrogen-bond donors (Lipinski definition) is 2. The van der Waals surface area contributed by atoms with Crippen molar-refractivity contribution >= 4 is 34.6 Å². The van der Waals surface area contributed by atoms with Gasteiger partial charge >= 0.3 is 0 Å². The lowest BCUT2D eigenvalue weighted by Crippen LogP contribution is -2.42. The van der Waals surface area contributed by atoms with Crippen LogP contribution in [0.25, 0.3) is 0 Å². The molecule has 94 valence electrons. The fraction of sp³-hybridized carbons (Fsp3) is 0.500. The fourth-order valence-electron chi connectivity index (χ4n) is 2.05. The molecule has 1 aromatic rings. The first kappa shape index (κ1) is 12.8. The average Bonchev–Trinajstić information content (AvgIpc) is 2.24. The lowest BCUT2D eigenvalue weighted by molar-refractivity contribution is 0.0351. The topological polar surface area (TPSA) is 49.5 Å². The van der Waals surface area contributed by atoms with Crippen LogP contribution in [0.3, 0.4) is 0 Å². The molecule has 17 heavy (non-hydrogen) atoms. The third kappa shape index (κ3) is 2.79. The number of hydrogen-bond acceptors (Lipinski definition) is 3. The molecule has 0 spiro atoms. The van der Waals surface area contributed by atoms with E-state index in [-0.39, 0.29) is 0 Å². The molecule has 0 radical (unpaired) electrons. The molecule has 3 nitrogen and oxygen atoms in total. The Labute approximate surface area is 111 Å². The van der Waals surface area contributed by atoms with Gasteiger partial charge in [-0.3, -0.25) is 0 Å². The molecule has 0 atom stereocenters. The van der Waals surface area contributed by atoms with Crippen molar-refractivity contribution in [3.8, 4) is 0 Å². The van der Waals surface area contributed by atoms with Crippen molar-refractivity contribution in [2.75, 3.05) is 23.7 Å². The van der Waals surface area contributed by atoms with Crippen LogP contribution >= 0.6 is 23.2 Å². The van der Waals surface area contributed by atoms with Crippen LogP contribution in [0.15, 0.2) is 12.1 Å². The Balaban J connectivity index is 2.21. The highest BCUT2D eigenvalue weighted by Crippen LogP contribution is 2.35. The highest BCUT2D eigenvalue weighted by atomic mass is 35.5. The summed E-state index contributed by atoms with van der Waals surface area (Å²) in [7, 11) is 0. The number of aliphatic hydroxyl groups is 1. The first-order valence-electron chi connectivity index (χ1n) is 5.61. The fourth-order valence-corrected chi connectivity index (χ4v) is 2.38. The van der Waals surface area contributed by atoms with Crippen molar-refractivity contribution in [2.24, 2.45) is 0 Å². The van der Waals surface area contributed by atoms with Crippen LogP contribution in [0.5, 0.6) is 0 Å². The molecule has 0 unspecified atom stereocenters. The number of anilines is 2. The summed E-state index contributed by atoms with van der Waals surface area (Å²) in [5, 5.41) is 10.9. The van der Waals surface area contributed by atoms with Gasteiger partial charge in [-0.1, -0.05) is 23.2 Å². The van der Waals surface area contributed by atoms with E-state index in [1.54, 1.807) is 12.1 Å². The Hall–Kier alpha value is -0.640. The zero-order valence-electron chi connectivity index (χ0n) is 9.71. The van der Waals surface area contributed by atoms with Crippen molar-refractivity contribution < 1.29 is 5.11 Å². The Kier molecular flexibility index (Phi) is 3.43. The van der Waals surface area contributed by atoms with Gasteiger partial charge in [0.15, 0.2) is 0 Å². The number of nitrogen functional groups attached to an aromatic ring is 1. The lowest BCUT2D eigenvalue weighted by atomic mass is 9.93. The zero-order valence-corrected chi connectivity index (χ0v) is 11.2. The summed E-state index contributed by atoms with van der Waals surface area (Å²) in [6, 6.07) is 3.46. The molecule has 0 aliphatic carbocycles. The number of benzene rings is 1. The SMILES string of the molecule is CC1(O)CCN(c2cc(Cl)c(Cl)cc2N)CC1. The van der Waals surface area contributed by atoms with Crippen LogP contribution in [0.2, 0.25) is 10.0 Å². The Morgan fingerprint density at radius 1 is 1.24 bits per heavy atom. The number of halogens is 2. The molecule has 0 aromatic heterocycles. The molecule has 1 aromatic carbocycles. The van der Waals surface area contributed by atoms with E-state index in [9.17, 15) is 5.11 Å². The van der Waals surface area contributed by atoms with Gasteiger partial charge in [0, 0.05) is 13.1 Å². The van der Waals surface area contributed by atoms with Gasteiger partial charge in [0.25, 0.3) is 0 Å².